The molecular weight excluding hydrogens is 440 g/mol. The third kappa shape index (κ3) is 17.0. The summed E-state index contributed by atoms with van der Waals surface area (Å²) >= 11 is 1.93. The van der Waals surface area contributed by atoms with Crippen molar-refractivity contribution in [1.29, 1.82) is 0 Å². The number of hydrogen-bond donors (Lipinski definition) is 3. The van der Waals surface area contributed by atoms with Crippen LogP contribution in [0.25, 0.3) is 0 Å². The summed E-state index contributed by atoms with van der Waals surface area (Å²) < 4.78 is 5.65. The van der Waals surface area contributed by atoms with Crippen LogP contribution in [0.4, 0.5) is 0 Å². The van der Waals surface area contributed by atoms with Crippen molar-refractivity contribution in [3.8, 4) is 0 Å². The lowest BCUT2D eigenvalue weighted by Crippen LogP contribution is -2.41. The van der Waals surface area contributed by atoms with Crippen LogP contribution >= 0.6 is 11.8 Å². The molecule has 7 nitrogen and oxygen atoms in total. The maximum Gasteiger partial charge on any atom is 0.220 e. The monoisotopic (exact) mass is 488 g/mol. The van der Waals surface area contributed by atoms with Crippen molar-refractivity contribution in [2.24, 2.45) is 11.8 Å². The molecule has 3 atom stereocenters. The Morgan fingerprint density at radius 2 is 1.97 bits per heavy atom. The van der Waals surface area contributed by atoms with Crippen LogP contribution in [0.5, 0.6) is 0 Å². The third-order valence-electron chi connectivity index (χ3n) is 5.59. The fourth-order valence-electron chi connectivity index (χ4n) is 3.56. The van der Waals surface area contributed by atoms with Gasteiger partial charge in [-0.25, -0.2) is 0 Å². The molecule has 0 bridgehead atoms. The summed E-state index contributed by atoms with van der Waals surface area (Å²) in [7, 11) is 0. The van der Waals surface area contributed by atoms with Crippen LogP contribution in [0.15, 0.2) is 0 Å². The fourth-order valence-corrected chi connectivity index (χ4v) is 5.20. The second kappa shape index (κ2) is 18.2. The van der Waals surface area contributed by atoms with E-state index in [9.17, 15) is 14.4 Å². The number of carbonyl (C=O) groups is 3. The summed E-state index contributed by atoms with van der Waals surface area (Å²) in [6.07, 6.45) is 6.72. The molecular formula is C25H48N2O5S. The molecule has 1 aliphatic rings. The van der Waals surface area contributed by atoms with Gasteiger partial charge in [-0.1, -0.05) is 27.2 Å². The van der Waals surface area contributed by atoms with Crippen molar-refractivity contribution in [1.82, 2.24) is 10.6 Å². The number of aldehydes is 1. The second-order valence-corrected chi connectivity index (χ2v) is 11.2. The molecule has 1 rings (SSSR count). The van der Waals surface area contributed by atoms with Crippen LogP contribution in [0, 0.1) is 11.8 Å². The zero-order chi connectivity index (χ0) is 25.3. The van der Waals surface area contributed by atoms with E-state index in [4.69, 9.17) is 9.84 Å². The van der Waals surface area contributed by atoms with Crippen LogP contribution in [-0.2, 0) is 19.1 Å². The van der Waals surface area contributed by atoms with E-state index in [1.165, 1.54) is 0 Å². The quantitative estimate of drug-likeness (QED) is 0.240. The number of aliphatic hydroxyl groups excluding tert-OH is 1. The molecule has 2 amide bonds. The fraction of sp³-hybridized carbons (Fsp3) is 0.880. The standard InChI is InChI=1S/C19H36N2O4S.C6H12O/c1-14-13-26-16(18(14)21-15(2)23)7-5-6-8-17(24)20-10-12-25-19(3,4)9-11-22;1-6(2)4-3-5-7/h14,16,18,22H,5-13H2,1-4H3,(H,20,24)(H,21,23);5-6H,3-4H2,1-2H3/t14-,16-,18-;/m0./s1. The van der Waals surface area contributed by atoms with Crippen LogP contribution < -0.4 is 10.6 Å². The van der Waals surface area contributed by atoms with Gasteiger partial charge in [-0.3, -0.25) is 9.59 Å². The zero-order valence-electron chi connectivity index (χ0n) is 21.7. The Balaban J connectivity index is 0.00000126. The molecule has 33 heavy (non-hydrogen) atoms. The van der Waals surface area contributed by atoms with Gasteiger partial charge in [-0.05, 0) is 57.1 Å². The minimum absolute atomic E-state index is 0.0399. The molecule has 0 saturated carbocycles. The van der Waals surface area contributed by atoms with Crippen molar-refractivity contribution in [3.63, 3.8) is 0 Å². The first-order valence-corrected chi connectivity index (χ1v) is 13.4. The van der Waals surface area contributed by atoms with Crippen LogP contribution in [-0.4, -0.2) is 65.6 Å². The molecule has 0 unspecified atom stereocenters. The number of rotatable bonds is 15. The third-order valence-corrected chi connectivity index (χ3v) is 7.27. The maximum absolute atomic E-state index is 11.9. The summed E-state index contributed by atoms with van der Waals surface area (Å²) in [5.74, 6) is 2.36. The number of nitrogens with one attached hydrogen (secondary N) is 2. The van der Waals surface area contributed by atoms with Gasteiger partial charge in [0.2, 0.25) is 11.8 Å². The Morgan fingerprint density at radius 1 is 1.27 bits per heavy atom. The SMILES string of the molecule is CC(=O)N[C@@H]1[C@H](CCCCC(=O)NCCOC(C)(C)CCO)SC[C@@H]1C.CC(C)CCC=O. The van der Waals surface area contributed by atoms with Gasteiger partial charge < -0.3 is 25.3 Å². The number of unbranched alkanes of at least 4 members (excludes halogenated alkanes) is 1. The second-order valence-electron chi connectivity index (χ2n) is 9.89. The molecule has 0 aromatic carbocycles. The van der Waals surface area contributed by atoms with E-state index >= 15 is 0 Å². The largest absolute Gasteiger partial charge is 0.396 e. The minimum Gasteiger partial charge on any atom is -0.396 e. The summed E-state index contributed by atoms with van der Waals surface area (Å²) in [5.41, 5.74) is -0.361. The highest BCUT2D eigenvalue weighted by Crippen LogP contribution is 2.34. The summed E-state index contributed by atoms with van der Waals surface area (Å²) in [5, 5.41) is 15.4. The Labute approximate surface area is 205 Å². The van der Waals surface area contributed by atoms with E-state index in [1.807, 2.05) is 25.6 Å². The Kier molecular flexibility index (Phi) is 17.6. The molecule has 0 aliphatic carbocycles. The number of aliphatic hydroxyl groups is 1. The highest BCUT2D eigenvalue weighted by molar-refractivity contribution is 8.00. The maximum atomic E-state index is 11.9. The zero-order valence-corrected chi connectivity index (χ0v) is 22.5. The molecule has 1 heterocycles. The van der Waals surface area contributed by atoms with Crippen molar-refractivity contribution in [2.75, 3.05) is 25.5 Å². The van der Waals surface area contributed by atoms with Crippen molar-refractivity contribution < 1.29 is 24.2 Å². The first-order chi connectivity index (χ1) is 15.5. The summed E-state index contributed by atoms with van der Waals surface area (Å²) in [6, 6.07) is 0.255. The Bertz CT molecular complexity index is 557. The molecule has 8 heteroatoms. The van der Waals surface area contributed by atoms with Gasteiger partial charge in [0.05, 0.1) is 12.2 Å². The van der Waals surface area contributed by atoms with Gasteiger partial charge in [-0.2, -0.15) is 11.8 Å². The Hall–Kier alpha value is -1.12. The molecule has 1 saturated heterocycles. The van der Waals surface area contributed by atoms with E-state index in [0.29, 0.717) is 43.1 Å². The average molecular weight is 489 g/mol. The van der Waals surface area contributed by atoms with Gasteiger partial charge in [0.1, 0.15) is 6.29 Å². The van der Waals surface area contributed by atoms with E-state index in [-0.39, 0.29) is 30.1 Å². The van der Waals surface area contributed by atoms with Gasteiger partial charge in [0.15, 0.2) is 0 Å². The molecule has 0 aromatic rings. The number of thioether (sulfide) groups is 1. The first-order valence-electron chi connectivity index (χ1n) is 12.4. The summed E-state index contributed by atoms with van der Waals surface area (Å²) in [6.45, 7) is 12.9. The molecule has 0 spiro atoms. The van der Waals surface area contributed by atoms with Crippen LogP contribution in [0.1, 0.15) is 86.5 Å². The van der Waals surface area contributed by atoms with Crippen LogP contribution in [0.2, 0.25) is 0 Å². The number of carbonyl (C=O) groups excluding carboxylic acids is 3. The molecule has 1 fully saturated rings. The molecule has 0 radical (unpaired) electrons. The lowest BCUT2D eigenvalue weighted by molar-refractivity contribution is -0.122. The van der Waals surface area contributed by atoms with E-state index in [2.05, 4.69) is 31.4 Å². The van der Waals surface area contributed by atoms with E-state index in [1.54, 1.807) is 6.92 Å². The number of amides is 2. The number of hydrogen-bond acceptors (Lipinski definition) is 6. The van der Waals surface area contributed by atoms with Gasteiger partial charge >= 0.3 is 0 Å². The number of ether oxygens (including phenoxy) is 1. The van der Waals surface area contributed by atoms with Crippen LogP contribution in [0.3, 0.4) is 0 Å². The molecule has 3 N–H and O–H groups in total. The Morgan fingerprint density at radius 3 is 2.52 bits per heavy atom. The average Bonchev–Trinajstić information content (AvgIpc) is 3.06. The first kappa shape index (κ1) is 31.9. The highest BCUT2D eigenvalue weighted by Gasteiger charge is 2.34. The smallest absolute Gasteiger partial charge is 0.220 e. The minimum atomic E-state index is -0.361. The predicted molar refractivity (Wildman–Crippen MR) is 136 cm³/mol. The molecule has 194 valence electrons. The van der Waals surface area contributed by atoms with E-state index < -0.39 is 0 Å². The molecule has 0 aromatic heterocycles. The normalized spacial score (nSPS) is 20.2. The topological polar surface area (TPSA) is 105 Å². The van der Waals surface area contributed by atoms with Gasteiger partial charge in [-0.15, -0.1) is 0 Å². The molecule has 1 aliphatic heterocycles. The van der Waals surface area contributed by atoms with Crippen molar-refractivity contribution in [3.05, 3.63) is 0 Å². The van der Waals surface area contributed by atoms with Gasteiger partial charge in [0.25, 0.3) is 0 Å². The lowest BCUT2D eigenvalue weighted by atomic mass is 9.97. The van der Waals surface area contributed by atoms with E-state index in [0.717, 1.165) is 44.1 Å². The lowest BCUT2D eigenvalue weighted by Gasteiger charge is -2.24. The predicted octanol–water partition coefficient (Wildman–Crippen LogP) is 3.72. The van der Waals surface area contributed by atoms with Gasteiger partial charge in [0, 0.05) is 44.2 Å². The summed E-state index contributed by atoms with van der Waals surface area (Å²) in [4.78, 5) is 32.9. The van der Waals surface area contributed by atoms with Crippen molar-refractivity contribution in [2.45, 2.75) is 103 Å². The van der Waals surface area contributed by atoms with Crippen molar-refractivity contribution >= 4 is 29.9 Å². The highest BCUT2D eigenvalue weighted by atomic mass is 32.2.